The van der Waals surface area contributed by atoms with Gasteiger partial charge in [0, 0.05) is 23.2 Å². The van der Waals surface area contributed by atoms with Gasteiger partial charge in [0.05, 0.1) is 17.2 Å². The molecule has 1 aliphatic rings. The lowest BCUT2D eigenvalue weighted by atomic mass is 9.91. The number of nitrogens with one attached hydrogen (secondary N) is 2. The molecule has 3 rings (SSSR count). The Kier molecular flexibility index (Phi) is 7.07. The molecule has 2 aromatic rings. The van der Waals surface area contributed by atoms with Gasteiger partial charge < -0.3 is 15.4 Å². The third-order valence-electron chi connectivity index (χ3n) is 4.05. The number of aryl methyl sites for hydroxylation is 1. The van der Waals surface area contributed by atoms with Crippen LogP contribution < -0.4 is 15.4 Å². The van der Waals surface area contributed by atoms with Crippen LogP contribution in [0.25, 0.3) is 0 Å². The van der Waals surface area contributed by atoms with Gasteiger partial charge in [0.2, 0.25) is 0 Å². The van der Waals surface area contributed by atoms with Crippen molar-refractivity contribution in [2.24, 2.45) is 0 Å². The normalized spacial score (nSPS) is 15.9. The van der Waals surface area contributed by atoms with E-state index in [-0.39, 0.29) is 18.3 Å². The van der Waals surface area contributed by atoms with Crippen molar-refractivity contribution in [2.75, 3.05) is 13.1 Å². The molecular formula is C17H21Cl2N3O2S. The average Bonchev–Trinajstić information content (AvgIpc) is 3.01. The Morgan fingerprint density at radius 2 is 2.04 bits per heavy atom. The predicted molar refractivity (Wildman–Crippen MR) is 103 cm³/mol. The molecule has 136 valence electrons. The van der Waals surface area contributed by atoms with Crippen LogP contribution >= 0.6 is 35.3 Å². The molecule has 25 heavy (non-hydrogen) atoms. The molecule has 5 nitrogen and oxygen atoms in total. The molecule has 0 radical (unpaired) electrons. The topological polar surface area (TPSA) is 63.2 Å². The molecule has 1 amide bonds. The minimum atomic E-state index is -0.857. The molecule has 0 atom stereocenters. The molecule has 1 aliphatic heterocycles. The first-order valence-corrected chi connectivity index (χ1v) is 9.18. The highest BCUT2D eigenvalue weighted by molar-refractivity contribution is 7.09. The first kappa shape index (κ1) is 20.0. The van der Waals surface area contributed by atoms with E-state index in [1.807, 2.05) is 12.3 Å². The van der Waals surface area contributed by atoms with Crippen molar-refractivity contribution < 1.29 is 9.53 Å². The van der Waals surface area contributed by atoms with Crippen LogP contribution in [0.1, 0.15) is 23.5 Å². The predicted octanol–water partition coefficient (Wildman–Crippen LogP) is 3.34. The SMILES string of the molecule is Cc1nc(CNC(=O)C2(Oc3ccc(Cl)cc3)CCNCC2)cs1.Cl. The van der Waals surface area contributed by atoms with E-state index in [1.54, 1.807) is 35.6 Å². The zero-order valence-corrected chi connectivity index (χ0v) is 16.3. The number of nitrogens with zero attached hydrogens (tertiary/aromatic N) is 1. The van der Waals surface area contributed by atoms with Crippen LogP contribution in [0.5, 0.6) is 5.75 Å². The van der Waals surface area contributed by atoms with Crippen LogP contribution in [0.4, 0.5) is 0 Å². The van der Waals surface area contributed by atoms with E-state index in [9.17, 15) is 4.79 Å². The van der Waals surface area contributed by atoms with E-state index in [2.05, 4.69) is 15.6 Å². The van der Waals surface area contributed by atoms with Gasteiger partial charge in [-0.2, -0.15) is 0 Å². The summed E-state index contributed by atoms with van der Waals surface area (Å²) in [5.74, 6) is 0.561. The van der Waals surface area contributed by atoms with Crippen molar-refractivity contribution in [3.05, 3.63) is 45.4 Å². The number of halogens is 2. The summed E-state index contributed by atoms with van der Waals surface area (Å²) < 4.78 is 6.12. The summed E-state index contributed by atoms with van der Waals surface area (Å²) in [6.45, 7) is 3.86. The summed E-state index contributed by atoms with van der Waals surface area (Å²) >= 11 is 7.50. The van der Waals surface area contributed by atoms with Gasteiger partial charge in [-0.1, -0.05) is 11.6 Å². The molecule has 2 N–H and O–H groups in total. The van der Waals surface area contributed by atoms with Gasteiger partial charge in [0.25, 0.3) is 5.91 Å². The second-order valence-electron chi connectivity index (χ2n) is 5.84. The van der Waals surface area contributed by atoms with Crippen LogP contribution in [0.2, 0.25) is 5.02 Å². The Hall–Kier alpha value is -1.34. The number of thiazole rings is 1. The minimum absolute atomic E-state index is 0. The fourth-order valence-corrected chi connectivity index (χ4v) is 3.49. The van der Waals surface area contributed by atoms with Crippen molar-refractivity contribution in [1.82, 2.24) is 15.6 Å². The number of hydrogen-bond donors (Lipinski definition) is 2. The molecular weight excluding hydrogens is 381 g/mol. The number of ether oxygens (including phenoxy) is 1. The van der Waals surface area contributed by atoms with E-state index >= 15 is 0 Å². The molecule has 2 heterocycles. The molecule has 0 bridgehead atoms. The molecule has 1 aromatic carbocycles. The van der Waals surface area contributed by atoms with Gasteiger partial charge in [0.15, 0.2) is 5.60 Å². The summed E-state index contributed by atoms with van der Waals surface area (Å²) in [6, 6.07) is 7.12. The van der Waals surface area contributed by atoms with Crippen molar-refractivity contribution >= 4 is 41.3 Å². The first-order chi connectivity index (χ1) is 11.6. The quantitative estimate of drug-likeness (QED) is 0.805. The van der Waals surface area contributed by atoms with E-state index in [0.29, 0.717) is 30.2 Å². The molecule has 1 saturated heterocycles. The Morgan fingerprint density at radius 3 is 2.64 bits per heavy atom. The largest absolute Gasteiger partial charge is 0.477 e. The summed E-state index contributed by atoms with van der Waals surface area (Å²) in [7, 11) is 0. The first-order valence-electron chi connectivity index (χ1n) is 7.92. The lowest BCUT2D eigenvalue weighted by molar-refractivity contribution is -0.139. The maximum atomic E-state index is 12.9. The van der Waals surface area contributed by atoms with Crippen LogP contribution in [0.15, 0.2) is 29.6 Å². The van der Waals surface area contributed by atoms with Crippen molar-refractivity contribution in [3.63, 3.8) is 0 Å². The molecule has 0 saturated carbocycles. The molecule has 1 fully saturated rings. The highest BCUT2D eigenvalue weighted by Crippen LogP contribution is 2.28. The summed E-state index contributed by atoms with van der Waals surface area (Å²) in [6.07, 6.45) is 1.25. The van der Waals surface area contributed by atoms with Crippen LogP contribution in [0, 0.1) is 6.92 Å². The zero-order chi connectivity index (χ0) is 17.0. The zero-order valence-electron chi connectivity index (χ0n) is 13.9. The van der Waals surface area contributed by atoms with Crippen LogP contribution in [-0.2, 0) is 11.3 Å². The Morgan fingerprint density at radius 1 is 1.36 bits per heavy atom. The Labute approximate surface area is 162 Å². The van der Waals surface area contributed by atoms with E-state index in [4.69, 9.17) is 16.3 Å². The molecule has 0 aliphatic carbocycles. The van der Waals surface area contributed by atoms with Crippen molar-refractivity contribution in [3.8, 4) is 5.75 Å². The standard InChI is InChI=1S/C17H20ClN3O2S.ClH/c1-12-21-14(11-24-12)10-20-16(22)17(6-8-19-9-7-17)23-15-4-2-13(18)3-5-15;/h2-5,11,19H,6-10H2,1H3,(H,20,22);1H. The fourth-order valence-electron chi connectivity index (χ4n) is 2.76. The Balaban J connectivity index is 0.00000225. The highest BCUT2D eigenvalue weighted by atomic mass is 35.5. The van der Waals surface area contributed by atoms with Crippen LogP contribution in [0.3, 0.4) is 0 Å². The van der Waals surface area contributed by atoms with Crippen LogP contribution in [-0.4, -0.2) is 29.6 Å². The molecule has 8 heteroatoms. The van der Waals surface area contributed by atoms with Gasteiger partial charge in [-0.15, -0.1) is 23.7 Å². The van der Waals surface area contributed by atoms with Gasteiger partial charge in [-0.05, 0) is 44.3 Å². The van der Waals surface area contributed by atoms with E-state index in [1.165, 1.54) is 0 Å². The molecule has 1 aromatic heterocycles. The monoisotopic (exact) mass is 401 g/mol. The lowest BCUT2D eigenvalue weighted by Gasteiger charge is -2.36. The fraction of sp³-hybridized carbons (Fsp3) is 0.412. The second-order valence-corrected chi connectivity index (χ2v) is 7.34. The summed E-state index contributed by atoms with van der Waals surface area (Å²) in [5.41, 5.74) is 0.0193. The van der Waals surface area contributed by atoms with Gasteiger partial charge >= 0.3 is 0 Å². The Bertz CT molecular complexity index is 700. The third kappa shape index (κ3) is 5.07. The average molecular weight is 402 g/mol. The number of carbonyl (C=O) groups is 1. The maximum absolute atomic E-state index is 12.9. The number of benzene rings is 1. The molecule has 0 spiro atoms. The van der Waals surface area contributed by atoms with Gasteiger partial charge in [-0.25, -0.2) is 4.98 Å². The number of hydrogen-bond acceptors (Lipinski definition) is 5. The van der Waals surface area contributed by atoms with E-state index < -0.39 is 5.60 Å². The summed E-state index contributed by atoms with van der Waals surface area (Å²) in [5, 5.41) is 9.86. The van der Waals surface area contributed by atoms with Gasteiger partial charge in [-0.3, -0.25) is 4.79 Å². The number of aromatic nitrogens is 1. The number of carbonyl (C=O) groups excluding carboxylic acids is 1. The minimum Gasteiger partial charge on any atom is -0.477 e. The highest BCUT2D eigenvalue weighted by Gasteiger charge is 2.42. The van der Waals surface area contributed by atoms with Gasteiger partial charge in [0.1, 0.15) is 5.75 Å². The van der Waals surface area contributed by atoms with Crippen molar-refractivity contribution in [1.29, 1.82) is 0 Å². The maximum Gasteiger partial charge on any atom is 0.264 e. The number of piperidine rings is 1. The third-order valence-corrected chi connectivity index (χ3v) is 5.12. The number of amides is 1. The van der Waals surface area contributed by atoms with Crippen molar-refractivity contribution in [2.45, 2.75) is 31.9 Å². The smallest absolute Gasteiger partial charge is 0.264 e. The van der Waals surface area contributed by atoms with E-state index in [0.717, 1.165) is 23.8 Å². The lowest BCUT2D eigenvalue weighted by Crippen LogP contribution is -2.56. The second kappa shape index (κ2) is 8.85. The molecule has 0 unspecified atom stereocenters. The number of rotatable bonds is 5. The summed E-state index contributed by atoms with van der Waals surface area (Å²) in [4.78, 5) is 17.2.